The summed E-state index contributed by atoms with van der Waals surface area (Å²) in [6.45, 7) is 2.13. The molecule has 0 spiro atoms. The van der Waals surface area contributed by atoms with Crippen molar-refractivity contribution in [3.63, 3.8) is 0 Å². The molecule has 0 unspecified atom stereocenters. The zero-order valence-electron chi connectivity index (χ0n) is 12.5. The van der Waals surface area contributed by atoms with Gasteiger partial charge in [-0.15, -0.1) is 0 Å². The minimum Gasteiger partial charge on any atom is -0.506 e. The Morgan fingerprint density at radius 1 is 1.05 bits per heavy atom. The number of aromatic hydroxyl groups is 1. The van der Waals surface area contributed by atoms with Crippen LogP contribution in [0.3, 0.4) is 0 Å². The van der Waals surface area contributed by atoms with Crippen LogP contribution in [-0.4, -0.2) is 5.11 Å². The molecule has 2 aromatic carbocycles. The van der Waals surface area contributed by atoms with Gasteiger partial charge in [0, 0.05) is 0 Å². The Labute approximate surface area is 128 Å². The third-order valence-electron chi connectivity index (χ3n) is 3.86. The number of unbranched alkanes of at least 4 members (excludes halogenated alkanes) is 1. The fourth-order valence-electron chi connectivity index (χ4n) is 2.74. The molecule has 0 aliphatic heterocycles. The van der Waals surface area contributed by atoms with Crippen molar-refractivity contribution in [2.45, 2.75) is 26.2 Å². The minimum absolute atomic E-state index is 0.0177. The van der Waals surface area contributed by atoms with Crippen molar-refractivity contribution in [1.82, 2.24) is 0 Å². The van der Waals surface area contributed by atoms with Gasteiger partial charge in [-0.2, -0.15) is 0 Å². The Hall–Kier alpha value is -2.55. The molecule has 0 saturated heterocycles. The van der Waals surface area contributed by atoms with Crippen LogP contribution in [0.2, 0.25) is 0 Å². The molecule has 3 rings (SSSR count). The average molecular weight is 294 g/mol. The van der Waals surface area contributed by atoms with Crippen molar-refractivity contribution in [1.29, 1.82) is 0 Å². The summed E-state index contributed by atoms with van der Waals surface area (Å²) < 4.78 is 5.43. The summed E-state index contributed by atoms with van der Waals surface area (Å²) in [6, 6.07) is 14.7. The Kier molecular flexibility index (Phi) is 3.96. The molecule has 0 saturated carbocycles. The number of hydrogen-bond acceptors (Lipinski definition) is 3. The zero-order valence-corrected chi connectivity index (χ0v) is 12.5. The molecular weight excluding hydrogens is 276 g/mol. The average Bonchev–Trinajstić information content (AvgIpc) is 2.53. The molecule has 0 bridgehead atoms. The normalized spacial score (nSPS) is 11.0. The molecule has 0 radical (unpaired) electrons. The summed E-state index contributed by atoms with van der Waals surface area (Å²) in [5.74, 6) is 0.0177. The first-order valence-electron chi connectivity index (χ1n) is 7.55. The molecule has 1 aromatic heterocycles. The van der Waals surface area contributed by atoms with Gasteiger partial charge in [0.05, 0.1) is 5.39 Å². The first kappa shape index (κ1) is 14.4. The Morgan fingerprint density at radius 2 is 1.82 bits per heavy atom. The van der Waals surface area contributed by atoms with E-state index in [1.807, 2.05) is 30.3 Å². The van der Waals surface area contributed by atoms with Gasteiger partial charge in [0.25, 0.3) is 0 Å². The molecule has 0 atom stereocenters. The van der Waals surface area contributed by atoms with E-state index in [1.165, 1.54) is 0 Å². The lowest BCUT2D eigenvalue weighted by molar-refractivity contribution is 0.470. The maximum Gasteiger partial charge on any atom is 0.347 e. The fraction of sp³-hybridized carbons (Fsp3) is 0.211. The first-order chi connectivity index (χ1) is 10.7. The summed E-state index contributed by atoms with van der Waals surface area (Å²) in [4.78, 5) is 12.3. The van der Waals surface area contributed by atoms with Gasteiger partial charge in [0.2, 0.25) is 0 Å². The van der Waals surface area contributed by atoms with Crippen LogP contribution in [0.1, 0.15) is 25.3 Å². The molecule has 112 valence electrons. The first-order valence-corrected chi connectivity index (χ1v) is 7.55. The number of aryl methyl sites for hydroxylation is 1. The molecule has 3 nitrogen and oxygen atoms in total. The van der Waals surface area contributed by atoms with Gasteiger partial charge in [0.1, 0.15) is 16.9 Å². The Bertz CT molecular complexity index is 848. The highest BCUT2D eigenvalue weighted by Crippen LogP contribution is 2.35. The third kappa shape index (κ3) is 2.50. The highest BCUT2D eigenvalue weighted by molar-refractivity contribution is 5.92. The van der Waals surface area contributed by atoms with E-state index in [0.717, 1.165) is 24.8 Å². The second-order valence-corrected chi connectivity index (χ2v) is 5.37. The lowest BCUT2D eigenvalue weighted by Crippen LogP contribution is -2.04. The molecule has 3 aromatic rings. The van der Waals surface area contributed by atoms with Crippen molar-refractivity contribution >= 4 is 11.0 Å². The minimum atomic E-state index is -0.510. The largest absolute Gasteiger partial charge is 0.506 e. The molecule has 0 aliphatic rings. The van der Waals surface area contributed by atoms with Crippen molar-refractivity contribution in [2.75, 3.05) is 0 Å². The predicted molar refractivity (Wildman–Crippen MR) is 88.2 cm³/mol. The van der Waals surface area contributed by atoms with Gasteiger partial charge in [-0.1, -0.05) is 55.8 Å². The standard InChI is InChI=1S/C19H18O3/c1-2-3-8-13-11-7-12-15-16(13)18(20)17(19(21)22-15)14-9-5-4-6-10-14/h4-7,9-12,20H,2-3,8H2,1H3. The summed E-state index contributed by atoms with van der Waals surface area (Å²) in [6.07, 6.45) is 2.95. The van der Waals surface area contributed by atoms with Crippen LogP contribution >= 0.6 is 0 Å². The summed E-state index contributed by atoms with van der Waals surface area (Å²) in [5.41, 5.74) is 1.84. The number of rotatable bonds is 4. The fourth-order valence-corrected chi connectivity index (χ4v) is 2.74. The lowest BCUT2D eigenvalue weighted by Gasteiger charge is -2.10. The second kappa shape index (κ2) is 6.06. The van der Waals surface area contributed by atoms with E-state index >= 15 is 0 Å². The highest BCUT2D eigenvalue weighted by atomic mass is 16.4. The van der Waals surface area contributed by atoms with E-state index < -0.39 is 5.63 Å². The number of hydrogen-bond donors (Lipinski definition) is 1. The molecule has 1 heterocycles. The van der Waals surface area contributed by atoms with Gasteiger partial charge in [-0.05, 0) is 30.0 Å². The SMILES string of the molecule is CCCCc1cccc2oc(=O)c(-c3ccccc3)c(O)c12. The van der Waals surface area contributed by atoms with Gasteiger partial charge >= 0.3 is 5.63 Å². The number of fused-ring (bicyclic) bond motifs is 1. The molecule has 3 heteroatoms. The smallest absolute Gasteiger partial charge is 0.347 e. The van der Waals surface area contributed by atoms with Gasteiger partial charge in [-0.3, -0.25) is 0 Å². The topological polar surface area (TPSA) is 50.4 Å². The Morgan fingerprint density at radius 3 is 2.55 bits per heavy atom. The Balaban J connectivity index is 2.29. The number of benzene rings is 2. The molecule has 22 heavy (non-hydrogen) atoms. The summed E-state index contributed by atoms with van der Waals surface area (Å²) >= 11 is 0. The van der Waals surface area contributed by atoms with Crippen molar-refractivity contribution in [3.05, 3.63) is 64.5 Å². The van der Waals surface area contributed by atoms with Crippen LogP contribution in [0.25, 0.3) is 22.1 Å². The lowest BCUT2D eigenvalue weighted by atomic mass is 9.99. The van der Waals surface area contributed by atoms with Crippen LogP contribution in [0.5, 0.6) is 5.75 Å². The van der Waals surface area contributed by atoms with E-state index in [-0.39, 0.29) is 11.3 Å². The van der Waals surface area contributed by atoms with Crippen LogP contribution < -0.4 is 5.63 Å². The quantitative estimate of drug-likeness (QED) is 0.720. The highest BCUT2D eigenvalue weighted by Gasteiger charge is 2.17. The zero-order chi connectivity index (χ0) is 15.5. The third-order valence-corrected chi connectivity index (χ3v) is 3.86. The molecule has 1 N–H and O–H groups in total. The molecule has 0 aliphatic carbocycles. The van der Waals surface area contributed by atoms with E-state index in [4.69, 9.17) is 4.42 Å². The van der Waals surface area contributed by atoms with Crippen LogP contribution in [-0.2, 0) is 6.42 Å². The maximum atomic E-state index is 12.3. The summed E-state index contributed by atoms with van der Waals surface area (Å²) in [7, 11) is 0. The molecule has 0 amide bonds. The predicted octanol–water partition coefficient (Wildman–Crippen LogP) is 4.51. The van der Waals surface area contributed by atoms with Crippen molar-refractivity contribution in [2.24, 2.45) is 0 Å². The maximum absolute atomic E-state index is 12.3. The van der Waals surface area contributed by atoms with Crippen LogP contribution in [0.4, 0.5) is 0 Å². The van der Waals surface area contributed by atoms with Gasteiger partial charge < -0.3 is 9.52 Å². The molecular formula is C19H18O3. The summed E-state index contributed by atoms with van der Waals surface area (Å²) in [5, 5.41) is 11.4. The van der Waals surface area contributed by atoms with E-state index in [9.17, 15) is 9.90 Å². The monoisotopic (exact) mass is 294 g/mol. The van der Waals surface area contributed by atoms with E-state index in [2.05, 4.69) is 6.92 Å². The van der Waals surface area contributed by atoms with E-state index in [0.29, 0.717) is 16.5 Å². The van der Waals surface area contributed by atoms with Crippen molar-refractivity contribution < 1.29 is 9.52 Å². The van der Waals surface area contributed by atoms with E-state index in [1.54, 1.807) is 18.2 Å². The van der Waals surface area contributed by atoms with Crippen LogP contribution in [0, 0.1) is 0 Å². The van der Waals surface area contributed by atoms with Crippen molar-refractivity contribution in [3.8, 4) is 16.9 Å². The molecule has 0 fully saturated rings. The second-order valence-electron chi connectivity index (χ2n) is 5.37. The van der Waals surface area contributed by atoms with Crippen LogP contribution in [0.15, 0.2) is 57.7 Å². The van der Waals surface area contributed by atoms with Gasteiger partial charge in [-0.25, -0.2) is 4.79 Å². The van der Waals surface area contributed by atoms with Gasteiger partial charge in [0.15, 0.2) is 0 Å².